The number of benzene rings is 1. The van der Waals surface area contributed by atoms with E-state index in [4.69, 9.17) is 0 Å². The summed E-state index contributed by atoms with van der Waals surface area (Å²) >= 11 is 0. The molecular weight excluding hydrogens is 351 g/mol. The van der Waals surface area contributed by atoms with Gasteiger partial charge < -0.3 is 10.4 Å². The summed E-state index contributed by atoms with van der Waals surface area (Å²) in [5, 5.41) is 15.6. The van der Waals surface area contributed by atoms with Gasteiger partial charge in [-0.05, 0) is 30.2 Å². The first-order valence-electron chi connectivity index (χ1n) is 7.83. The molecule has 0 spiro atoms. The number of carbonyl (C=O) groups excluding carboxylic acids is 1. The normalized spacial score (nSPS) is 13.8. The first-order valence-corrected chi connectivity index (χ1v) is 7.83. The number of rotatable bonds is 7. The average Bonchev–Trinajstić information content (AvgIpc) is 3.06. The van der Waals surface area contributed by atoms with Crippen LogP contribution < -0.4 is 5.32 Å². The molecule has 1 heterocycles. The van der Waals surface area contributed by atoms with Crippen LogP contribution in [-0.4, -0.2) is 32.8 Å². The van der Waals surface area contributed by atoms with Gasteiger partial charge in [0.25, 0.3) is 0 Å². The van der Waals surface area contributed by atoms with E-state index in [1.54, 1.807) is 19.2 Å². The van der Waals surface area contributed by atoms with E-state index in [-0.39, 0.29) is 13.0 Å². The number of hydrogen-bond acceptors (Lipinski definition) is 3. The first-order chi connectivity index (χ1) is 12.2. The Hall–Kier alpha value is -2.84. The maximum atomic E-state index is 12.6. The van der Waals surface area contributed by atoms with Crippen LogP contribution in [0.1, 0.15) is 18.1 Å². The van der Waals surface area contributed by atoms with Crippen molar-refractivity contribution in [3.63, 3.8) is 0 Å². The molecule has 26 heavy (non-hydrogen) atoms. The van der Waals surface area contributed by atoms with Gasteiger partial charge in [0.1, 0.15) is 6.04 Å². The number of aromatic nitrogens is 2. The lowest BCUT2D eigenvalue weighted by Gasteiger charge is -2.18. The molecule has 1 aromatic heterocycles. The van der Waals surface area contributed by atoms with Crippen LogP contribution in [0.2, 0.25) is 0 Å². The van der Waals surface area contributed by atoms with Gasteiger partial charge in [-0.1, -0.05) is 19.1 Å². The molecule has 1 amide bonds. The highest BCUT2D eigenvalue weighted by molar-refractivity contribution is 5.84. The van der Waals surface area contributed by atoms with Crippen LogP contribution in [0.5, 0.6) is 0 Å². The Bertz CT molecular complexity index is 743. The number of alkyl halides is 3. The van der Waals surface area contributed by atoms with Crippen LogP contribution in [0, 0.1) is 5.92 Å². The summed E-state index contributed by atoms with van der Waals surface area (Å²) in [4.78, 5) is 23.5. The number of aliphatic carboxylic acids is 1. The van der Waals surface area contributed by atoms with Gasteiger partial charge in [0.05, 0.1) is 12.1 Å². The molecule has 2 N–H and O–H groups in total. The standard InChI is InChI=1S/C17H18F3N3O3/c1-11(9-12-3-5-13(6-4-12)17(18,19)20)15(24)22-14(16(25)26)10-23-8-2-7-21-23/h2-8,11,14H,9-10H2,1H3,(H,22,24)(H,25,26). The van der Waals surface area contributed by atoms with Crippen molar-refractivity contribution in [2.24, 2.45) is 5.92 Å². The maximum Gasteiger partial charge on any atom is 0.416 e. The number of carbonyl (C=O) groups is 2. The summed E-state index contributed by atoms with van der Waals surface area (Å²) in [6.07, 6.45) is -1.15. The molecule has 0 radical (unpaired) electrons. The lowest BCUT2D eigenvalue weighted by Crippen LogP contribution is -2.46. The van der Waals surface area contributed by atoms with Gasteiger partial charge in [0.2, 0.25) is 5.91 Å². The van der Waals surface area contributed by atoms with Crippen molar-refractivity contribution in [1.29, 1.82) is 0 Å². The summed E-state index contributed by atoms with van der Waals surface area (Å²) in [7, 11) is 0. The summed E-state index contributed by atoms with van der Waals surface area (Å²) < 4.78 is 39.1. The largest absolute Gasteiger partial charge is 0.480 e. The Labute approximate surface area is 147 Å². The van der Waals surface area contributed by atoms with Crippen LogP contribution >= 0.6 is 0 Å². The third-order valence-corrected chi connectivity index (χ3v) is 3.81. The van der Waals surface area contributed by atoms with E-state index in [0.717, 1.165) is 12.1 Å². The highest BCUT2D eigenvalue weighted by Gasteiger charge is 2.30. The van der Waals surface area contributed by atoms with Gasteiger partial charge in [-0.15, -0.1) is 0 Å². The minimum Gasteiger partial charge on any atom is -0.480 e. The van der Waals surface area contributed by atoms with Gasteiger partial charge in [-0.2, -0.15) is 18.3 Å². The molecule has 140 valence electrons. The van der Waals surface area contributed by atoms with Crippen molar-refractivity contribution in [3.8, 4) is 0 Å². The summed E-state index contributed by atoms with van der Waals surface area (Å²) in [6, 6.07) is 5.01. The van der Waals surface area contributed by atoms with Crippen LogP contribution in [0.25, 0.3) is 0 Å². The number of halogens is 3. The zero-order valence-corrected chi connectivity index (χ0v) is 13.9. The smallest absolute Gasteiger partial charge is 0.416 e. The van der Waals surface area contributed by atoms with Gasteiger partial charge in [-0.25, -0.2) is 4.79 Å². The van der Waals surface area contributed by atoms with E-state index in [1.807, 2.05) is 0 Å². The average molecular weight is 369 g/mol. The predicted molar refractivity (Wildman–Crippen MR) is 86.1 cm³/mol. The molecule has 0 bridgehead atoms. The molecule has 6 nitrogen and oxygen atoms in total. The first kappa shape index (κ1) is 19.5. The third-order valence-electron chi connectivity index (χ3n) is 3.81. The molecule has 2 unspecified atom stereocenters. The van der Waals surface area contributed by atoms with Crippen molar-refractivity contribution in [2.75, 3.05) is 0 Å². The third kappa shape index (κ3) is 5.33. The van der Waals surface area contributed by atoms with E-state index in [1.165, 1.54) is 23.0 Å². The van der Waals surface area contributed by atoms with Crippen LogP contribution in [0.3, 0.4) is 0 Å². The molecule has 0 aliphatic heterocycles. The van der Waals surface area contributed by atoms with E-state index in [0.29, 0.717) is 5.56 Å². The highest BCUT2D eigenvalue weighted by atomic mass is 19.4. The fraction of sp³-hybridized carbons (Fsp3) is 0.353. The molecular formula is C17H18F3N3O3. The van der Waals surface area contributed by atoms with Crippen molar-refractivity contribution >= 4 is 11.9 Å². The Morgan fingerprint density at radius 1 is 1.27 bits per heavy atom. The van der Waals surface area contributed by atoms with E-state index >= 15 is 0 Å². The summed E-state index contributed by atoms with van der Waals surface area (Å²) in [5.41, 5.74) is -0.205. The summed E-state index contributed by atoms with van der Waals surface area (Å²) in [5.74, 6) is -2.30. The van der Waals surface area contributed by atoms with Gasteiger partial charge in [0.15, 0.2) is 0 Å². The molecule has 9 heteroatoms. The van der Waals surface area contributed by atoms with Crippen molar-refractivity contribution in [3.05, 3.63) is 53.9 Å². The zero-order chi connectivity index (χ0) is 19.3. The molecule has 1 aromatic carbocycles. The van der Waals surface area contributed by atoms with Crippen molar-refractivity contribution < 1.29 is 27.9 Å². The number of carboxylic acid groups (broad SMARTS) is 1. The van der Waals surface area contributed by atoms with Crippen LogP contribution in [-0.2, 0) is 28.7 Å². The topological polar surface area (TPSA) is 84.2 Å². The predicted octanol–water partition coefficient (Wildman–Crippen LogP) is 2.35. The minimum absolute atomic E-state index is 0.0267. The van der Waals surface area contributed by atoms with E-state index < -0.39 is 35.6 Å². The second-order valence-electron chi connectivity index (χ2n) is 5.93. The van der Waals surface area contributed by atoms with Gasteiger partial charge in [-0.3, -0.25) is 9.48 Å². The molecule has 0 fully saturated rings. The van der Waals surface area contributed by atoms with Gasteiger partial charge >= 0.3 is 12.1 Å². The lowest BCUT2D eigenvalue weighted by molar-refractivity contribution is -0.142. The number of hydrogen-bond donors (Lipinski definition) is 2. The quantitative estimate of drug-likeness (QED) is 0.785. The molecule has 0 aliphatic carbocycles. The molecule has 2 rings (SSSR count). The second kappa shape index (κ2) is 8.03. The number of nitrogens with zero attached hydrogens (tertiary/aromatic N) is 2. The second-order valence-corrected chi connectivity index (χ2v) is 5.93. The maximum absolute atomic E-state index is 12.6. The molecule has 0 saturated heterocycles. The zero-order valence-electron chi connectivity index (χ0n) is 13.9. The van der Waals surface area contributed by atoms with E-state index in [9.17, 15) is 27.9 Å². The van der Waals surface area contributed by atoms with Crippen molar-refractivity contribution in [1.82, 2.24) is 15.1 Å². The number of nitrogens with one attached hydrogen (secondary N) is 1. The lowest BCUT2D eigenvalue weighted by atomic mass is 9.99. The monoisotopic (exact) mass is 369 g/mol. The summed E-state index contributed by atoms with van der Waals surface area (Å²) in [6.45, 7) is 1.56. The van der Waals surface area contributed by atoms with Crippen LogP contribution in [0.4, 0.5) is 13.2 Å². The number of carboxylic acids is 1. The Morgan fingerprint density at radius 3 is 2.42 bits per heavy atom. The Balaban J connectivity index is 1.96. The SMILES string of the molecule is CC(Cc1ccc(C(F)(F)F)cc1)C(=O)NC(Cn1cccn1)C(=O)O. The van der Waals surface area contributed by atoms with Crippen LogP contribution in [0.15, 0.2) is 42.7 Å². The highest BCUT2D eigenvalue weighted by Crippen LogP contribution is 2.29. The molecule has 0 saturated carbocycles. The minimum atomic E-state index is -4.41. The van der Waals surface area contributed by atoms with Gasteiger partial charge in [0, 0.05) is 18.3 Å². The Morgan fingerprint density at radius 2 is 1.92 bits per heavy atom. The fourth-order valence-corrected chi connectivity index (χ4v) is 2.37. The Kier molecular flexibility index (Phi) is 6.01. The fourth-order valence-electron chi connectivity index (χ4n) is 2.37. The number of amides is 1. The van der Waals surface area contributed by atoms with Crippen molar-refractivity contribution in [2.45, 2.75) is 32.1 Å². The molecule has 2 atom stereocenters. The molecule has 0 aliphatic rings. The molecule has 2 aromatic rings. The van der Waals surface area contributed by atoms with E-state index in [2.05, 4.69) is 10.4 Å².